The fraction of sp³-hybridized carbons (Fsp3) is 0.529. The number of H-pyrrole nitrogens is 1. The lowest BCUT2D eigenvalue weighted by atomic mass is 9.98. The van der Waals surface area contributed by atoms with Crippen LogP contribution in [0.4, 0.5) is 0 Å². The summed E-state index contributed by atoms with van der Waals surface area (Å²) in [5.41, 5.74) is 3.49. The van der Waals surface area contributed by atoms with Crippen molar-refractivity contribution in [1.82, 2.24) is 24.9 Å². The summed E-state index contributed by atoms with van der Waals surface area (Å²) in [7, 11) is 0. The minimum absolute atomic E-state index is 0.0178. The van der Waals surface area contributed by atoms with Crippen LogP contribution in [0, 0.1) is 13.8 Å². The van der Waals surface area contributed by atoms with Gasteiger partial charge in [0.1, 0.15) is 0 Å². The minimum atomic E-state index is -0.0636. The van der Waals surface area contributed by atoms with Crippen molar-refractivity contribution in [2.75, 3.05) is 13.1 Å². The van der Waals surface area contributed by atoms with Crippen LogP contribution in [0.2, 0.25) is 0 Å². The molecule has 8 nitrogen and oxygen atoms in total. The van der Waals surface area contributed by atoms with Crippen molar-refractivity contribution in [3.63, 3.8) is 0 Å². The number of hydrogen-bond acceptors (Lipinski definition) is 5. The van der Waals surface area contributed by atoms with Gasteiger partial charge in [-0.1, -0.05) is 5.21 Å². The number of nitrogens with one attached hydrogen (secondary N) is 1. The summed E-state index contributed by atoms with van der Waals surface area (Å²) in [6.07, 6.45) is 2.52. The zero-order chi connectivity index (χ0) is 17.7. The number of likely N-dealkylation sites (tertiary alicyclic amines) is 1. The fourth-order valence-electron chi connectivity index (χ4n) is 3.94. The van der Waals surface area contributed by atoms with E-state index in [1.54, 1.807) is 6.20 Å². The lowest BCUT2D eigenvalue weighted by Gasteiger charge is -2.41. The Kier molecular flexibility index (Phi) is 3.72. The fourth-order valence-corrected chi connectivity index (χ4v) is 3.94. The molecule has 2 aliphatic heterocycles. The van der Waals surface area contributed by atoms with Crippen LogP contribution >= 0.6 is 0 Å². The van der Waals surface area contributed by atoms with Gasteiger partial charge in [0.05, 0.1) is 41.9 Å². The van der Waals surface area contributed by atoms with Crippen molar-refractivity contribution in [1.29, 1.82) is 0 Å². The van der Waals surface area contributed by atoms with Crippen molar-refractivity contribution in [3.8, 4) is 0 Å². The highest BCUT2D eigenvalue weighted by Gasteiger charge is 2.38. The Hall–Kier alpha value is -2.48. The molecule has 0 radical (unpaired) electrons. The second-order valence-electron chi connectivity index (χ2n) is 6.81. The quantitative estimate of drug-likeness (QED) is 0.832. The van der Waals surface area contributed by atoms with Gasteiger partial charge in [-0.2, -0.15) is 0 Å². The van der Waals surface area contributed by atoms with Crippen LogP contribution in [-0.4, -0.2) is 55.8 Å². The van der Waals surface area contributed by atoms with Gasteiger partial charge in [0, 0.05) is 25.7 Å². The van der Waals surface area contributed by atoms with Crippen LogP contribution in [0.25, 0.3) is 0 Å². The number of ketones is 1. The number of carbonyl (C=O) groups excluding carboxylic acids is 2. The number of aromatic nitrogens is 4. The van der Waals surface area contributed by atoms with E-state index in [-0.39, 0.29) is 23.8 Å². The lowest BCUT2D eigenvalue weighted by Crippen LogP contribution is -2.50. The van der Waals surface area contributed by atoms with E-state index in [1.165, 1.54) is 6.92 Å². The zero-order valence-electron chi connectivity index (χ0n) is 14.6. The SMILES string of the molecule is CC(=O)c1[nH]c(C)c(C(=O)N2CCC3OCc4cnnn4C3C2)c1C. The zero-order valence-corrected chi connectivity index (χ0v) is 14.6. The second kappa shape index (κ2) is 5.80. The van der Waals surface area contributed by atoms with Crippen LogP contribution in [0.5, 0.6) is 0 Å². The number of fused-ring (bicyclic) bond motifs is 3. The molecular weight excluding hydrogens is 322 g/mol. The Morgan fingerprint density at radius 3 is 2.88 bits per heavy atom. The maximum atomic E-state index is 13.1. The molecule has 0 bridgehead atoms. The van der Waals surface area contributed by atoms with Gasteiger partial charge in [-0.3, -0.25) is 9.59 Å². The van der Waals surface area contributed by atoms with Crippen LogP contribution in [-0.2, 0) is 11.3 Å². The second-order valence-corrected chi connectivity index (χ2v) is 6.81. The van der Waals surface area contributed by atoms with Gasteiger partial charge in [-0.05, 0) is 25.8 Å². The molecule has 0 aromatic carbocycles. The smallest absolute Gasteiger partial charge is 0.256 e. The van der Waals surface area contributed by atoms with E-state index in [2.05, 4.69) is 15.3 Å². The monoisotopic (exact) mass is 343 g/mol. The Morgan fingerprint density at radius 2 is 2.16 bits per heavy atom. The molecule has 2 atom stereocenters. The van der Waals surface area contributed by atoms with E-state index >= 15 is 0 Å². The standard InChI is InChI=1S/C17H21N5O3/c1-9-15(10(2)19-16(9)11(3)23)17(24)21-5-4-14-13(7-21)22-12(8-25-14)6-18-20-22/h6,13-14,19H,4-5,7-8H2,1-3H3. The van der Waals surface area contributed by atoms with E-state index in [1.807, 2.05) is 23.4 Å². The molecule has 4 heterocycles. The van der Waals surface area contributed by atoms with Gasteiger partial charge < -0.3 is 14.6 Å². The van der Waals surface area contributed by atoms with E-state index < -0.39 is 0 Å². The molecule has 1 amide bonds. The van der Waals surface area contributed by atoms with Crippen LogP contribution < -0.4 is 0 Å². The van der Waals surface area contributed by atoms with Gasteiger partial charge in [-0.25, -0.2) is 4.68 Å². The number of aromatic amines is 1. The molecule has 0 aliphatic carbocycles. The van der Waals surface area contributed by atoms with Crippen LogP contribution in [0.15, 0.2) is 6.20 Å². The van der Waals surface area contributed by atoms with E-state index in [4.69, 9.17) is 4.74 Å². The van der Waals surface area contributed by atoms with Crippen molar-refractivity contribution >= 4 is 11.7 Å². The van der Waals surface area contributed by atoms with Gasteiger partial charge in [-0.15, -0.1) is 5.10 Å². The number of aryl methyl sites for hydroxylation is 1. The highest BCUT2D eigenvalue weighted by atomic mass is 16.5. The number of amides is 1. The molecule has 2 aliphatic rings. The Balaban J connectivity index is 1.62. The number of nitrogens with zero attached hydrogens (tertiary/aromatic N) is 4. The van der Waals surface area contributed by atoms with Crippen molar-refractivity contribution in [2.45, 2.75) is 45.9 Å². The maximum absolute atomic E-state index is 13.1. The Bertz CT molecular complexity index is 853. The largest absolute Gasteiger partial charge is 0.370 e. The molecular formula is C17H21N5O3. The molecule has 4 rings (SSSR count). The average Bonchev–Trinajstić information content (AvgIpc) is 3.18. The summed E-state index contributed by atoms with van der Waals surface area (Å²) in [5, 5.41) is 8.13. The number of rotatable bonds is 2. The summed E-state index contributed by atoms with van der Waals surface area (Å²) in [5.74, 6) is -0.115. The molecule has 1 N–H and O–H groups in total. The first kappa shape index (κ1) is 16.0. The first-order valence-electron chi connectivity index (χ1n) is 8.47. The number of Topliss-reactive ketones (excluding diaryl/α,β-unsaturated/α-hetero) is 1. The number of piperidine rings is 1. The van der Waals surface area contributed by atoms with E-state index in [0.717, 1.165) is 23.4 Å². The van der Waals surface area contributed by atoms with Gasteiger partial charge >= 0.3 is 0 Å². The highest BCUT2D eigenvalue weighted by molar-refractivity contribution is 6.02. The molecule has 1 saturated heterocycles. The Morgan fingerprint density at radius 1 is 1.36 bits per heavy atom. The number of ether oxygens (including phenoxy) is 1. The van der Waals surface area contributed by atoms with Gasteiger partial charge in [0.2, 0.25) is 0 Å². The maximum Gasteiger partial charge on any atom is 0.256 e. The van der Waals surface area contributed by atoms with Gasteiger partial charge in [0.15, 0.2) is 5.78 Å². The van der Waals surface area contributed by atoms with E-state index in [0.29, 0.717) is 31.0 Å². The summed E-state index contributed by atoms with van der Waals surface area (Å²) >= 11 is 0. The predicted molar refractivity (Wildman–Crippen MR) is 88.4 cm³/mol. The lowest BCUT2D eigenvalue weighted by molar-refractivity contribution is -0.0605. The van der Waals surface area contributed by atoms with Crippen molar-refractivity contribution < 1.29 is 14.3 Å². The first-order chi connectivity index (χ1) is 12.0. The molecule has 0 spiro atoms. The Labute approximate surface area is 145 Å². The molecule has 8 heteroatoms. The molecule has 2 aromatic rings. The molecule has 0 saturated carbocycles. The molecule has 2 unspecified atom stereocenters. The topological polar surface area (TPSA) is 93.1 Å². The van der Waals surface area contributed by atoms with Crippen molar-refractivity contribution in [3.05, 3.63) is 34.4 Å². The summed E-state index contributed by atoms with van der Waals surface area (Å²) < 4.78 is 7.77. The third-order valence-electron chi connectivity index (χ3n) is 5.22. The predicted octanol–water partition coefficient (Wildman–Crippen LogP) is 1.41. The third kappa shape index (κ3) is 2.48. The van der Waals surface area contributed by atoms with Crippen LogP contribution in [0.3, 0.4) is 0 Å². The van der Waals surface area contributed by atoms with Gasteiger partial charge in [0.25, 0.3) is 5.91 Å². The molecule has 132 valence electrons. The third-order valence-corrected chi connectivity index (χ3v) is 5.22. The van der Waals surface area contributed by atoms with Crippen molar-refractivity contribution in [2.24, 2.45) is 0 Å². The number of hydrogen-bond donors (Lipinski definition) is 1. The summed E-state index contributed by atoms with van der Waals surface area (Å²) in [6, 6.07) is -0.0178. The van der Waals surface area contributed by atoms with Crippen LogP contribution in [0.1, 0.15) is 57.2 Å². The number of carbonyl (C=O) groups is 2. The molecule has 2 aromatic heterocycles. The first-order valence-corrected chi connectivity index (χ1v) is 8.47. The summed E-state index contributed by atoms with van der Waals surface area (Å²) in [4.78, 5) is 29.7. The normalized spacial score (nSPS) is 22.4. The minimum Gasteiger partial charge on any atom is -0.370 e. The average molecular weight is 343 g/mol. The molecule has 1 fully saturated rings. The summed E-state index contributed by atoms with van der Waals surface area (Å²) in [6.45, 7) is 6.82. The highest BCUT2D eigenvalue weighted by Crippen LogP contribution is 2.31. The van der Waals surface area contributed by atoms with E-state index in [9.17, 15) is 9.59 Å². The molecule has 25 heavy (non-hydrogen) atoms.